The second kappa shape index (κ2) is 3.10. The van der Waals surface area contributed by atoms with E-state index < -0.39 is 0 Å². The Kier molecular flexibility index (Phi) is 1.94. The largest absolute Gasteiger partial charge is 0.261 e. The molecule has 0 spiro atoms. The predicted molar refractivity (Wildman–Crippen MR) is 50.0 cm³/mol. The van der Waals surface area contributed by atoms with Crippen molar-refractivity contribution < 1.29 is 0 Å². The van der Waals surface area contributed by atoms with Gasteiger partial charge in [-0.05, 0) is 30.9 Å². The standard InChI is InChI=1S/C11H13N/c1-9-4-2-5-10-6-3-7-12-11(10)8-9/h3,6-7H,1-2,4-5,8H2. The van der Waals surface area contributed by atoms with Crippen LogP contribution in [-0.4, -0.2) is 4.98 Å². The van der Waals surface area contributed by atoms with E-state index in [1.807, 2.05) is 12.3 Å². The molecule has 0 aromatic carbocycles. The summed E-state index contributed by atoms with van der Waals surface area (Å²) in [6, 6.07) is 4.20. The van der Waals surface area contributed by atoms with E-state index in [2.05, 4.69) is 17.6 Å². The lowest BCUT2D eigenvalue weighted by molar-refractivity contribution is 0.828. The van der Waals surface area contributed by atoms with E-state index in [9.17, 15) is 0 Å². The molecule has 0 unspecified atom stereocenters. The van der Waals surface area contributed by atoms with Gasteiger partial charge in [0.1, 0.15) is 0 Å². The molecule has 0 fully saturated rings. The van der Waals surface area contributed by atoms with E-state index in [-0.39, 0.29) is 0 Å². The van der Waals surface area contributed by atoms with Crippen molar-refractivity contribution in [2.45, 2.75) is 25.7 Å². The summed E-state index contributed by atoms with van der Waals surface area (Å²) in [4.78, 5) is 4.37. The van der Waals surface area contributed by atoms with Crippen LogP contribution in [0.1, 0.15) is 24.1 Å². The van der Waals surface area contributed by atoms with Crippen molar-refractivity contribution in [2.75, 3.05) is 0 Å². The smallest absolute Gasteiger partial charge is 0.0475 e. The van der Waals surface area contributed by atoms with Gasteiger partial charge in [-0.15, -0.1) is 0 Å². The number of aromatic nitrogens is 1. The fraction of sp³-hybridized carbons (Fsp3) is 0.364. The Hall–Kier alpha value is -1.11. The number of pyridine rings is 1. The van der Waals surface area contributed by atoms with Crippen LogP contribution in [0.15, 0.2) is 30.5 Å². The molecule has 1 aliphatic rings. The molecule has 0 saturated carbocycles. The van der Waals surface area contributed by atoms with Crippen LogP contribution in [0.4, 0.5) is 0 Å². The van der Waals surface area contributed by atoms with E-state index >= 15 is 0 Å². The highest BCUT2D eigenvalue weighted by Gasteiger charge is 2.09. The molecule has 62 valence electrons. The van der Waals surface area contributed by atoms with E-state index in [0.29, 0.717) is 0 Å². The molecule has 1 nitrogen and oxygen atoms in total. The van der Waals surface area contributed by atoms with Crippen molar-refractivity contribution in [3.63, 3.8) is 0 Å². The number of nitrogens with zero attached hydrogens (tertiary/aromatic N) is 1. The highest BCUT2D eigenvalue weighted by Crippen LogP contribution is 2.20. The van der Waals surface area contributed by atoms with Crippen LogP contribution < -0.4 is 0 Å². The van der Waals surface area contributed by atoms with Crippen molar-refractivity contribution in [1.29, 1.82) is 0 Å². The van der Waals surface area contributed by atoms with Crippen LogP contribution in [0.25, 0.3) is 0 Å². The van der Waals surface area contributed by atoms with Gasteiger partial charge in [0.2, 0.25) is 0 Å². The van der Waals surface area contributed by atoms with Crippen LogP contribution in [0.2, 0.25) is 0 Å². The van der Waals surface area contributed by atoms with Crippen LogP contribution in [0.5, 0.6) is 0 Å². The maximum atomic E-state index is 4.37. The van der Waals surface area contributed by atoms with Gasteiger partial charge in [0.05, 0.1) is 0 Å². The molecule has 0 radical (unpaired) electrons. The third kappa shape index (κ3) is 1.40. The minimum atomic E-state index is 0.982. The SMILES string of the molecule is C=C1CCCc2cccnc2C1. The Bertz CT molecular complexity index is 302. The molecule has 1 aliphatic carbocycles. The average molecular weight is 159 g/mol. The van der Waals surface area contributed by atoms with Gasteiger partial charge >= 0.3 is 0 Å². The Balaban J connectivity index is 2.37. The number of fused-ring (bicyclic) bond motifs is 1. The fourth-order valence-electron chi connectivity index (χ4n) is 1.71. The third-order valence-electron chi connectivity index (χ3n) is 2.38. The van der Waals surface area contributed by atoms with E-state index in [1.165, 1.54) is 29.7 Å². The van der Waals surface area contributed by atoms with Crippen LogP contribution in [0, 0.1) is 0 Å². The predicted octanol–water partition coefficient (Wildman–Crippen LogP) is 2.52. The minimum absolute atomic E-state index is 0.982. The van der Waals surface area contributed by atoms with Crippen molar-refractivity contribution >= 4 is 0 Å². The van der Waals surface area contributed by atoms with E-state index in [0.717, 1.165) is 12.8 Å². The average Bonchev–Trinajstić information content (AvgIpc) is 2.25. The van der Waals surface area contributed by atoms with Gasteiger partial charge < -0.3 is 0 Å². The summed E-state index contributed by atoms with van der Waals surface area (Å²) in [7, 11) is 0. The second-order valence-corrected chi connectivity index (χ2v) is 3.39. The lowest BCUT2D eigenvalue weighted by Crippen LogP contribution is -1.94. The molecule has 1 heteroatoms. The summed E-state index contributed by atoms with van der Waals surface area (Å²) in [6.07, 6.45) is 6.42. The molecule has 0 saturated heterocycles. The number of hydrogen-bond acceptors (Lipinski definition) is 1. The molecule has 0 N–H and O–H groups in total. The molecule has 2 rings (SSSR count). The molecule has 1 heterocycles. The first-order valence-corrected chi connectivity index (χ1v) is 4.45. The molecule has 0 atom stereocenters. The zero-order chi connectivity index (χ0) is 8.39. The van der Waals surface area contributed by atoms with Gasteiger partial charge in [0.15, 0.2) is 0 Å². The Morgan fingerprint density at radius 3 is 3.17 bits per heavy atom. The number of hydrogen-bond donors (Lipinski definition) is 0. The summed E-state index contributed by atoms with van der Waals surface area (Å²) in [5, 5.41) is 0. The van der Waals surface area contributed by atoms with Crippen LogP contribution in [0.3, 0.4) is 0 Å². The molecule has 1 aromatic heterocycles. The maximum absolute atomic E-state index is 4.37. The second-order valence-electron chi connectivity index (χ2n) is 3.39. The van der Waals surface area contributed by atoms with E-state index in [1.54, 1.807) is 0 Å². The van der Waals surface area contributed by atoms with Crippen LogP contribution in [-0.2, 0) is 12.8 Å². The zero-order valence-corrected chi connectivity index (χ0v) is 7.21. The van der Waals surface area contributed by atoms with Gasteiger partial charge in [0.25, 0.3) is 0 Å². The summed E-state index contributed by atoms with van der Waals surface area (Å²) in [5.74, 6) is 0. The first-order valence-electron chi connectivity index (χ1n) is 4.45. The molecular formula is C11H13N. The summed E-state index contributed by atoms with van der Waals surface area (Å²) < 4.78 is 0. The Morgan fingerprint density at radius 2 is 2.25 bits per heavy atom. The molecule has 0 bridgehead atoms. The van der Waals surface area contributed by atoms with Gasteiger partial charge in [-0.25, -0.2) is 0 Å². The highest BCUT2D eigenvalue weighted by atomic mass is 14.7. The first-order chi connectivity index (χ1) is 5.86. The van der Waals surface area contributed by atoms with Crippen molar-refractivity contribution in [3.8, 4) is 0 Å². The normalized spacial score (nSPS) is 16.8. The van der Waals surface area contributed by atoms with Crippen molar-refractivity contribution in [3.05, 3.63) is 41.7 Å². The van der Waals surface area contributed by atoms with Gasteiger partial charge in [-0.1, -0.05) is 18.2 Å². The van der Waals surface area contributed by atoms with Gasteiger partial charge in [-0.3, -0.25) is 4.98 Å². The summed E-state index contributed by atoms with van der Waals surface area (Å²) >= 11 is 0. The number of aryl methyl sites for hydroxylation is 1. The van der Waals surface area contributed by atoms with Crippen molar-refractivity contribution in [1.82, 2.24) is 4.98 Å². The Labute approximate surface area is 73.1 Å². The monoisotopic (exact) mass is 159 g/mol. The third-order valence-corrected chi connectivity index (χ3v) is 2.38. The zero-order valence-electron chi connectivity index (χ0n) is 7.21. The van der Waals surface area contributed by atoms with Gasteiger partial charge in [0, 0.05) is 18.3 Å². The Morgan fingerprint density at radius 1 is 1.33 bits per heavy atom. The maximum Gasteiger partial charge on any atom is 0.0475 e. The molecule has 12 heavy (non-hydrogen) atoms. The highest BCUT2D eigenvalue weighted by molar-refractivity contribution is 5.26. The lowest BCUT2D eigenvalue weighted by atomic mass is 10.1. The minimum Gasteiger partial charge on any atom is -0.261 e. The summed E-state index contributed by atoms with van der Waals surface area (Å²) in [5.41, 5.74) is 3.98. The fourth-order valence-corrected chi connectivity index (χ4v) is 1.71. The quantitative estimate of drug-likeness (QED) is 0.418. The summed E-state index contributed by atoms with van der Waals surface area (Å²) in [6.45, 7) is 4.03. The topological polar surface area (TPSA) is 12.9 Å². The van der Waals surface area contributed by atoms with E-state index in [4.69, 9.17) is 0 Å². The molecule has 1 aromatic rings. The number of rotatable bonds is 0. The first kappa shape index (κ1) is 7.53. The molecular weight excluding hydrogens is 146 g/mol. The van der Waals surface area contributed by atoms with Crippen LogP contribution >= 0.6 is 0 Å². The number of allylic oxidation sites excluding steroid dienone is 1. The van der Waals surface area contributed by atoms with Crippen molar-refractivity contribution in [2.24, 2.45) is 0 Å². The lowest BCUT2D eigenvalue weighted by Gasteiger charge is -2.02. The van der Waals surface area contributed by atoms with Gasteiger partial charge in [-0.2, -0.15) is 0 Å². The molecule has 0 amide bonds. The molecule has 0 aliphatic heterocycles.